The van der Waals surface area contributed by atoms with Gasteiger partial charge < -0.3 is 19.7 Å². The third-order valence-electron chi connectivity index (χ3n) is 3.90. The second-order valence-corrected chi connectivity index (χ2v) is 5.72. The van der Waals surface area contributed by atoms with Gasteiger partial charge in [0.15, 0.2) is 5.96 Å². The molecule has 0 amide bonds. The molecule has 0 spiro atoms. The maximum atomic E-state index is 5.69. The minimum atomic E-state index is 0.507. The lowest BCUT2D eigenvalue weighted by Gasteiger charge is -2.24. The van der Waals surface area contributed by atoms with Gasteiger partial charge in [0.05, 0.1) is 6.61 Å². The first-order chi connectivity index (χ1) is 11.2. The molecule has 0 aliphatic carbocycles. The van der Waals surface area contributed by atoms with E-state index in [-0.39, 0.29) is 0 Å². The molecule has 1 unspecified atom stereocenters. The fourth-order valence-electron chi connectivity index (χ4n) is 2.70. The monoisotopic (exact) mass is 317 g/mol. The molecule has 0 aromatic heterocycles. The van der Waals surface area contributed by atoms with Gasteiger partial charge in [-0.05, 0) is 12.5 Å². The molecule has 2 rings (SSSR count). The highest BCUT2D eigenvalue weighted by atomic mass is 16.5. The third-order valence-corrected chi connectivity index (χ3v) is 3.90. The molecule has 1 heterocycles. The van der Waals surface area contributed by atoms with Crippen molar-refractivity contribution in [2.45, 2.75) is 13.0 Å². The lowest BCUT2D eigenvalue weighted by Crippen LogP contribution is -2.41. The van der Waals surface area contributed by atoms with Crippen molar-refractivity contribution in [3.05, 3.63) is 42.5 Å². The second-order valence-electron chi connectivity index (χ2n) is 5.72. The Labute approximate surface area is 139 Å². The van der Waals surface area contributed by atoms with Crippen LogP contribution in [0.5, 0.6) is 5.75 Å². The molecule has 1 saturated heterocycles. The number of nitrogens with one attached hydrogen (secondary N) is 1. The van der Waals surface area contributed by atoms with E-state index in [9.17, 15) is 0 Å². The molecule has 1 atom stereocenters. The molecule has 1 aliphatic heterocycles. The summed E-state index contributed by atoms with van der Waals surface area (Å²) in [7, 11) is 3.87. The van der Waals surface area contributed by atoms with E-state index in [1.807, 2.05) is 25.2 Å². The van der Waals surface area contributed by atoms with Gasteiger partial charge in [0.1, 0.15) is 12.4 Å². The first kappa shape index (κ1) is 17.3. The average Bonchev–Trinajstić information content (AvgIpc) is 3.07. The highest BCUT2D eigenvalue weighted by Crippen LogP contribution is 2.18. The Balaban J connectivity index is 1.91. The van der Waals surface area contributed by atoms with E-state index in [1.54, 1.807) is 6.08 Å². The van der Waals surface area contributed by atoms with Crippen molar-refractivity contribution in [2.75, 3.05) is 40.5 Å². The van der Waals surface area contributed by atoms with Gasteiger partial charge in [-0.25, -0.2) is 0 Å². The maximum absolute atomic E-state index is 5.69. The largest absolute Gasteiger partial charge is 0.489 e. The number of hydrogen-bond acceptors (Lipinski definition) is 3. The minimum absolute atomic E-state index is 0.507. The summed E-state index contributed by atoms with van der Waals surface area (Å²) in [6, 6.07) is 8.02. The Hall–Kier alpha value is -2.01. The molecular formula is C18H27N3O2. The Morgan fingerprint density at radius 2 is 2.35 bits per heavy atom. The number of ether oxygens (including phenoxy) is 2. The standard InChI is InChI=1S/C18H27N3O2/c1-4-10-23-17-8-6-5-7-16(17)12-20-18(19-2)21(3)13-15-9-11-22-14-15/h4-8,15H,1,9-14H2,2-3H3,(H,19,20). The number of hydrogen-bond donors (Lipinski definition) is 1. The van der Waals surface area contributed by atoms with E-state index < -0.39 is 0 Å². The summed E-state index contributed by atoms with van der Waals surface area (Å²) in [5.41, 5.74) is 1.10. The second kappa shape index (κ2) is 9.20. The predicted molar refractivity (Wildman–Crippen MR) is 93.9 cm³/mol. The summed E-state index contributed by atoms with van der Waals surface area (Å²) in [5.74, 6) is 2.35. The van der Waals surface area contributed by atoms with Crippen LogP contribution in [-0.4, -0.2) is 51.3 Å². The van der Waals surface area contributed by atoms with Crippen molar-refractivity contribution >= 4 is 5.96 Å². The fourth-order valence-corrected chi connectivity index (χ4v) is 2.70. The van der Waals surface area contributed by atoms with Crippen molar-refractivity contribution in [2.24, 2.45) is 10.9 Å². The van der Waals surface area contributed by atoms with Crippen molar-refractivity contribution in [1.82, 2.24) is 10.2 Å². The molecule has 1 aliphatic rings. The number of benzene rings is 1. The van der Waals surface area contributed by atoms with Crippen LogP contribution in [0, 0.1) is 5.92 Å². The van der Waals surface area contributed by atoms with Gasteiger partial charge in [-0.3, -0.25) is 4.99 Å². The van der Waals surface area contributed by atoms with E-state index in [0.29, 0.717) is 19.1 Å². The van der Waals surface area contributed by atoms with Gasteiger partial charge in [-0.2, -0.15) is 0 Å². The highest BCUT2D eigenvalue weighted by Gasteiger charge is 2.19. The predicted octanol–water partition coefficient (Wildman–Crippen LogP) is 2.30. The zero-order valence-electron chi connectivity index (χ0n) is 14.1. The molecule has 5 nitrogen and oxygen atoms in total. The van der Waals surface area contributed by atoms with E-state index in [0.717, 1.165) is 43.5 Å². The van der Waals surface area contributed by atoms with Crippen LogP contribution in [0.2, 0.25) is 0 Å². The zero-order valence-corrected chi connectivity index (χ0v) is 14.1. The Kier molecular flexibility index (Phi) is 6.94. The summed E-state index contributed by atoms with van der Waals surface area (Å²) in [4.78, 5) is 6.53. The summed E-state index contributed by atoms with van der Waals surface area (Å²) < 4.78 is 11.1. The van der Waals surface area contributed by atoms with Gasteiger partial charge >= 0.3 is 0 Å². The normalized spacial score (nSPS) is 17.8. The Morgan fingerprint density at radius 1 is 1.52 bits per heavy atom. The molecule has 0 saturated carbocycles. The SMILES string of the molecule is C=CCOc1ccccc1CNC(=NC)N(C)CC1CCOC1. The third kappa shape index (κ3) is 5.28. The number of guanidine groups is 1. The van der Waals surface area contributed by atoms with Crippen LogP contribution in [0.3, 0.4) is 0 Å². The summed E-state index contributed by atoms with van der Waals surface area (Å²) in [5, 5.41) is 3.41. The van der Waals surface area contributed by atoms with Gasteiger partial charge in [0, 0.05) is 45.3 Å². The zero-order chi connectivity index (χ0) is 16.5. The average molecular weight is 317 g/mol. The van der Waals surface area contributed by atoms with Crippen LogP contribution in [0.15, 0.2) is 41.9 Å². The Bertz CT molecular complexity index is 525. The van der Waals surface area contributed by atoms with E-state index in [4.69, 9.17) is 9.47 Å². The van der Waals surface area contributed by atoms with Crippen LogP contribution in [0.1, 0.15) is 12.0 Å². The van der Waals surface area contributed by atoms with Crippen LogP contribution in [0.4, 0.5) is 0 Å². The topological polar surface area (TPSA) is 46.1 Å². The summed E-state index contributed by atoms with van der Waals surface area (Å²) >= 11 is 0. The van der Waals surface area contributed by atoms with Gasteiger partial charge in [0.2, 0.25) is 0 Å². The smallest absolute Gasteiger partial charge is 0.193 e. The van der Waals surface area contributed by atoms with Crippen molar-refractivity contribution in [3.8, 4) is 5.75 Å². The molecule has 126 valence electrons. The molecule has 1 N–H and O–H groups in total. The minimum Gasteiger partial charge on any atom is -0.489 e. The maximum Gasteiger partial charge on any atom is 0.193 e. The van der Waals surface area contributed by atoms with Crippen LogP contribution in [0.25, 0.3) is 0 Å². The summed E-state index contributed by atoms with van der Waals surface area (Å²) in [6.07, 6.45) is 2.88. The van der Waals surface area contributed by atoms with Crippen molar-refractivity contribution in [1.29, 1.82) is 0 Å². The molecule has 1 aromatic rings. The van der Waals surface area contributed by atoms with Crippen molar-refractivity contribution in [3.63, 3.8) is 0 Å². The highest BCUT2D eigenvalue weighted by molar-refractivity contribution is 5.79. The first-order valence-electron chi connectivity index (χ1n) is 8.05. The molecule has 1 aromatic carbocycles. The number of rotatable bonds is 7. The van der Waals surface area contributed by atoms with Gasteiger partial charge in [0.25, 0.3) is 0 Å². The molecular weight excluding hydrogens is 290 g/mol. The number of aliphatic imine (C=N–C) groups is 1. The van der Waals surface area contributed by atoms with Crippen molar-refractivity contribution < 1.29 is 9.47 Å². The van der Waals surface area contributed by atoms with Crippen LogP contribution in [-0.2, 0) is 11.3 Å². The first-order valence-corrected chi connectivity index (χ1v) is 8.05. The number of para-hydroxylation sites is 1. The van der Waals surface area contributed by atoms with E-state index in [1.165, 1.54) is 0 Å². The summed E-state index contributed by atoms with van der Waals surface area (Å²) in [6.45, 7) is 7.54. The van der Waals surface area contributed by atoms with Gasteiger partial charge in [-0.1, -0.05) is 30.9 Å². The Morgan fingerprint density at radius 3 is 3.04 bits per heavy atom. The van der Waals surface area contributed by atoms with E-state index in [2.05, 4.69) is 34.9 Å². The molecule has 23 heavy (non-hydrogen) atoms. The quantitative estimate of drug-likeness (QED) is 0.476. The van der Waals surface area contributed by atoms with Crippen LogP contribution < -0.4 is 10.1 Å². The molecule has 1 fully saturated rings. The molecule has 5 heteroatoms. The fraction of sp³-hybridized carbons (Fsp3) is 0.500. The van der Waals surface area contributed by atoms with E-state index >= 15 is 0 Å². The number of nitrogens with zero attached hydrogens (tertiary/aromatic N) is 2. The lowest BCUT2D eigenvalue weighted by atomic mass is 10.1. The van der Waals surface area contributed by atoms with Gasteiger partial charge in [-0.15, -0.1) is 0 Å². The molecule has 0 radical (unpaired) electrons. The molecule has 0 bridgehead atoms. The van der Waals surface area contributed by atoms with Crippen LogP contribution >= 0.6 is 0 Å². The lowest BCUT2D eigenvalue weighted by molar-refractivity contribution is 0.181.